The molecule has 1 aliphatic rings. The maximum absolute atomic E-state index is 12.8. The number of hydrogen-bond acceptors (Lipinski definition) is 9. The van der Waals surface area contributed by atoms with Crippen molar-refractivity contribution >= 4 is 53.5 Å². The van der Waals surface area contributed by atoms with Gasteiger partial charge in [0.1, 0.15) is 0 Å². The monoisotopic (exact) mass is 813 g/mol. The fourth-order valence-corrected chi connectivity index (χ4v) is 6.53. The molecular weight excluding hydrogens is 759 g/mol. The summed E-state index contributed by atoms with van der Waals surface area (Å²) in [6, 6.07) is 10.4. The van der Waals surface area contributed by atoms with Crippen LogP contribution in [0.25, 0.3) is 22.4 Å². The molecule has 2 aromatic carbocycles. The van der Waals surface area contributed by atoms with Crippen molar-refractivity contribution in [3.63, 3.8) is 0 Å². The molecule has 2 amide bonds. The van der Waals surface area contributed by atoms with Gasteiger partial charge < -0.3 is 34.1 Å². The van der Waals surface area contributed by atoms with Crippen LogP contribution >= 0.6 is 23.2 Å². The molecular formula is C40H55Cl2N8O6+. The molecule has 1 aliphatic heterocycles. The summed E-state index contributed by atoms with van der Waals surface area (Å²) >= 11 is 12.7. The van der Waals surface area contributed by atoms with E-state index in [0.29, 0.717) is 53.8 Å². The van der Waals surface area contributed by atoms with Crippen LogP contribution in [-0.2, 0) is 32.7 Å². The van der Waals surface area contributed by atoms with Crippen molar-refractivity contribution in [1.29, 1.82) is 0 Å². The number of rotatable bonds is 14. The van der Waals surface area contributed by atoms with E-state index in [2.05, 4.69) is 58.0 Å². The molecule has 0 aliphatic carbocycles. The maximum Gasteiger partial charge on any atom is 0.292 e. The van der Waals surface area contributed by atoms with Crippen molar-refractivity contribution in [2.45, 2.75) is 33.2 Å². The highest BCUT2D eigenvalue weighted by Gasteiger charge is 2.26. The van der Waals surface area contributed by atoms with E-state index in [1.807, 2.05) is 36.0 Å². The van der Waals surface area contributed by atoms with Crippen LogP contribution in [0.5, 0.6) is 0 Å². The van der Waals surface area contributed by atoms with Gasteiger partial charge in [0.2, 0.25) is 5.91 Å². The number of quaternary nitrogens is 1. The van der Waals surface area contributed by atoms with Gasteiger partial charge >= 0.3 is 0 Å². The number of hydrogen-bond donors (Lipinski definition) is 2. The number of amides is 2. The Morgan fingerprint density at radius 3 is 2.25 bits per heavy atom. The molecule has 304 valence electrons. The molecule has 0 saturated carbocycles. The third-order valence-corrected chi connectivity index (χ3v) is 10.1. The topological polar surface area (TPSA) is 145 Å². The number of aromatic nitrogens is 4. The van der Waals surface area contributed by atoms with E-state index in [1.165, 1.54) is 18.1 Å². The lowest BCUT2D eigenvalue weighted by Gasteiger charge is -2.34. The minimum atomic E-state index is -0.416. The number of imidazole rings is 1. The highest BCUT2D eigenvalue weighted by Crippen LogP contribution is 2.33. The van der Waals surface area contributed by atoms with E-state index in [-0.39, 0.29) is 16.8 Å². The molecule has 1 unspecified atom stereocenters. The summed E-state index contributed by atoms with van der Waals surface area (Å²) < 4.78 is 12.6. The van der Waals surface area contributed by atoms with Crippen LogP contribution in [0.2, 0.25) is 10.0 Å². The van der Waals surface area contributed by atoms with E-state index in [9.17, 15) is 14.4 Å². The molecule has 5 rings (SSSR count). The third-order valence-electron chi connectivity index (χ3n) is 9.49. The number of carbonyl (C=O) groups excluding carboxylic acids is 4. The summed E-state index contributed by atoms with van der Waals surface area (Å²) in [5.41, 5.74) is 5.18. The maximum atomic E-state index is 12.8. The molecule has 1 saturated heterocycles. The molecule has 0 spiro atoms. The van der Waals surface area contributed by atoms with Crippen LogP contribution in [0.15, 0.2) is 48.8 Å². The van der Waals surface area contributed by atoms with Crippen LogP contribution in [-0.4, -0.2) is 128 Å². The first kappa shape index (κ1) is 45.8. The van der Waals surface area contributed by atoms with Crippen molar-refractivity contribution in [1.82, 2.24) is 29.1 Å². The average Bonchev–Trinajstić information content (AvgIpc) is 3.75. The standard InChI is InChI=1S/C25H23Cl2N5O3.C13H27N3O.C2H4O2/c1-15-20(12-29-32(15)8-9-35-3)16-5-7-19(22(27)10-16)23-13-28-24(31(23)2)25(34)30-18-6-4-17(14-33)21(26)11-18;1-5-12(6-7-14(2)3)13(17)16-10-8-15(4)9-11-16;1-4-2-3/h4-7,10-14H,8-9H2,1-3H3,(H,30,34);12H,5-11H2,1-4H3;2H,1H3/p+1. The van der Waals surface area contributed by atoms with E-state index < -0.39 is 5.91 Å². The Bertz CT molecular complexity index is 1910. The number of aldehydes is 1. The van der Waals surface area contributed by atoms with Crippen molar-refractivity contribution in [2.24, 2.45) is 13.0 Å². The molecule has 1 atom stereocenters. The van der Waals surface area contributed by atoms with E-state index >= 15 is 0 Å². The van der Waals surface area contributed by atoms with E-state index in [4.69, 9.17) is 32.7 Å². The van der Waals surface area contributed by atoms with Crippen LogP contribution in [0.3, 0.4) is 0 Å². The average molecular weight is 815 g/mol. The van der Waals surface area contributed by atoms with Gasteiger partial charge in [-0.3, -0.25) is 23.9 Å². The second kappa shape index (κ2) is 22.8. The van der Waals surface area contributed by atoms with Gasteiger partial charge in [0.25, 0.3) is 12.4 Å². The molecule has 2 N–H and O–H groups in total. The first-order valence-corrected chi connectivity index (χ1v) is 19.2. The summed E-state index contributed by atoms with van der Waals surface area (Å²) in [5, 5.41) is 7.97. The van der Waals surface area contributed by atoms with Gasteiger partial charge in [-0.05, 0) is 50.2 Å². The van der Waals surface area contributed by atoms with Crippen LogP contribution in [0.1, 0.15) is 46.4 Å². The summed E-state index contributed by atoms with van der Waals surface area (Å²) in [6.07, 6.45) is 6.06. The zero-order valence-electron chi connectivity index (χ0n) is 33.6. The van der Waals surface area contributed by atoms with Crippen molar-refractivity contribution in [3.05, 3.63) is 75.9 Å². The number of ether oxygens (including phenoxy) is 2. The predicted molar refractivity (Wildman–Crippen MR) is 220 cm³/mol. The van der Waals surface area contributed by atoms with Gasteiger partial charge in [-0.15, -0.1) is 0 Å². The second-order valence-electron chi connectivity index (χ2n) is 13.7. The molecule has 14 nitrogen and oxygen atoms in total. The number of carbonyl (C=O) groups is 4. The van der Waals surface area contributed by atoms with Gasteiger partial charge in [0.05, 0.1) is 69.0 Å². The predicted octanol–water partition coefficient (Wildman–Crippen LogP) is 4.39. The molecule has 0 radical (unpaired) electrons. The smallest absolute Gasteiger partial charge is 0.292 e. The van der Waals surface area contributed by atoms with Crippen molar-refractivity contribution < 1.29 is 33.6 Å². The molecule has 56 heavy (non-hydrogen) atoms. The minimum Gasteiger partial charge on any atom is -0.471 e. The van der Waals surface area contributed by atoms with Crippen LogP contribution < -0.4 is 10.2 Å². The number of nitrogens with zero attached hydrogens (tertiary/aromatic N) is 6. The number of methoxy groups -OCH3 is 2. The lowest BCUT2D eigenvalue weighted by atomic mass is 10.00. The summed E-state index contributed by atoms with van der Waals surface area (Å²) in [5.74, 6) is 0.390. The lowest BCUT2D eigenvalue weighted by Crippen LogP contribution is -3.05. The molecule has 4 aromatic rings. The molecule has 2 aromatic heterocycles. The second-order valence-corrected chi connectivity index (χ2v) is 14.5. The Morgan fingerprint density at radius 2 is 1.68 bits per heavy atom. The molecule has 0 bridgehead atoms. The zero-order chi connectivity index (χ0) is 41.4. The number of benzene rings is 2. The Hall–Kier alpha value is -4.60. The van der Waals surface area contributed by atoms with Gasteiger partial charge in [0.15, 0.2) is 12.1 Å². The zero-order valence-corrected chi connectivity index (χ0v) is 35.1. The number of piperazine rings is 1. The Labute approximate surface area is 339 Å². The highest BCUT2D eigenvalue weighted by molar-refractivity contribution is 6.34. The largest absolute Gasteiger partial charge is 0.471 e. The molecule has 16 heteroatoms. The Balaban J connectivity index is 0.000000334. The number of anilines is 1. The fraction of sp³-hybridized carbons (Fsp3) is 0.450. The summed E-state index contributed by atoms with van der Waals surface area (Å²) in [4.78, 5) is 55.1. The van der Waals surface area contributed by atoms with Gasteiger partial charge in [-0.25, -0.2) is 4.98 Å². The van der Waals surface area contributed by atoms with Crippen molar-refractivity contribution in [2.75, 3.05) is 80.0 Å². The highest BCUT2D eigenvalue weighted by atomic mass is 35.5. The first-order valence-electron chi connectivity index (χ1n) is 18.4. The molecule has 3 heterocycles. The fourth-order valence-electron chi connectivity index (χ4n) is 6.03. The SMILES string of the molecule is CCC(CC[NH+](C)C)C(=O)N1CCN(C)CC1.COC=O.COCCn1ncc(-c2ccc(-c3cnc(C(=O)Nc4ccc(C=O)c(Cl)c4)n3C)c(Cl)c2)c1C. The Kier molecular flexibility index (Phi) is 18.7. The first-order chi connectivity index (χ1) is 26.8. The van der Waals surface area contributed by atoms with Gasteiger partial charge in [0, 0.05) is 80.7 Å². The Morgan fingerprint density at radius 1 is 0.982 bits per heavy atom. The van der Waals surface area contributed by atoms with Gasteiger partial charge in [-0.2, -0.15) is 5.10 Å². The summed E-state index contributed by atoms with van der Waals surface area (Å²) in [7, 11) is 11.1. The van der Waals surface area contributed by atoms with Crippen LogP contribution in [0.4, 0.5) is 5.69 Å². The van der Waals surface area contributed by atoms with Crippen LogP contribution in [0, 0.1) is 12.8 Å². The minimum absolute atomic E-state index is 0.200. The van der Waals surface area contributed by atoms with Gasteiger partial charge in [-0.1, -0.05) is 42.3 Å². The van der Waals surface area contributed by atoms with E-state index in [1.54, 1.807) is 37.1 Å². The number of nitrogens with one attached hydrogen (secondary N) is 2. The molecule has 1 fully saturated rings. The third kappa shape index (κ3) is 12.7. The quantitative estimate of drug-likeness (QED) is 0.177. The lowest BCUT2D eigenvalue weighted by molar-refractivity contribution is -0.858. The normalized spacial score (nSPS) is 13.2. The van der Waals surface area contributed by atoms with E-state index in [0.717, 1.165) is 67.9 Å². The number of halogens is 2. The van der Waals surface area contributed by atoms with Crippen molar-refractivity contribution in [3.8, 4) is 22.4 Å². The summed E-state index contributed by atoms with van der Waals surface area (Å²) in [6.45, 7) is 10.7. The number of likely N-dealkylation sites (N-methyl/N-ethyl adjacent to an activating group) is 1.